The Morgan fingerprint density at radius 1 is 1.12 bits per heavy atom. The number of aryl methyl sites for hydroxylation is 1. The molecule has 2 aromatic heterocycles. The molecule has 1 aliphatic heterocycles. The molecular formula is C30H40F3N3O4Si. The van der Waals surface area contributed by atoms with Gasteiger partial charge in [0.15, 0.2) is 0 Å². The Morgan fingerprint density at radius 3 is 2.56 bits per heavy atom. The lowest BCUT2D eigenvalue weighted by Gasteiger charge is -2.26. The van der Waals surface area contributed by atoms with Crippen LogP contribution in [0, 0.1) is 6.92 Å². The average Bonchev–Trinajstić information content (AvgIpc) is 3.28. The molecule has 0 saturated carbocycles. The van der Waals surface area contributed by atoms with Gasteiger partial charge in [0.25, 0.3) is 0 Å². The van der Waals surface area contributed by atoms with Gasteiger partial charge in [-0.25, -0.2) is 4.98 Å². The maximum atomic E-state index is 14.1. The van der Waals surface area contributed by atoms with Gasteiger partial charge in [-0.15, -0.1) is 0 Å². The number of alkyl halides is 3. The molecule has 0 bridgehead atoms. The third-order valence-electron chi connectivity index (χ3n) is 7.15. The van der Waals surface area contributed by atoms with Crippen molar-refractivity contribution in [2.45, 2.75) is 64.8 Å². The van der Waals surface area contributed by atoms with Crippen LogP contribution in [0.5, 0.6) is 11.5 Å². The van der Waals surface area contributed by atoms with Crippen LogP contribution in [0.4, 0.5) is 13.2 Å². The lowest BCUT2D eigenvalue weighted by molar-refractivity contribution is -0.136. The minimum Gasteiger partial charge on any atom is -0.456 e. The number of hydrogen-bond donors (Lipinski definition) is 0. The summed E-state index contributed by atoms with van der Waals surface area (Å²) in [6.07, 6.45) is -0.494. The average molecular weight is 592 g/mol. The number of carbonyl (C=O) groups excluding carboxylic acids is 1. The van der Waals surface area contributed by atoms with Crippen molar-refractivity contribution in [3.05, 3.63) is 53.3 Å². The van der Waals surface area contributed by atoms with Crippen molar-refractivity contribution in [2.24, 2.45) is 0 Å². The summed E-state index contributed by atoms with van der Waals surface area (Å²) in [6, 6.07) is 7.72. The van der Waals surface area contributed by atoms with Crippen LogP contribution in [0.1, 0.15) is 29.5 Å². The molecule has 7 nitrogen and oxygen atoms in total. The summed E-state index contributed by atoms with van der Waals surface area (Å²) in [7, 11) is -1.33. The van der Waals surface area contributed by atoms with Gasteiger partial charge in [0.1, 0.15) is 29.7 Å². The van der Waals surface area contributed by atoms with E-state index in [0.717, 1.165) is 62.6 Å². The predicted octanol–water partition coefficient (Wildman–Crippen LogP) is 6.69. The van der Waals surface area contributed by atoms with Crippen LogP contribution in [0.2, 0.25) is 25.7 Å². The minimum absolute atomic E-state index is 0.0261. The fourth-order valence-corrected chi connectivity index (χ4v) is 5.58. The molecule has 0 amide bonds. The number of nitrogens with zero attached hydrogens (tertiary/aromatic N) is 3. The molecule has 1 aliphatic rings. The van der Waals surface area contributed by atoms with Gasteiger partial charge in [0.05, 0.1) is 24.2 Å². The number of ketones is 1. The van der Waals surface area contributed by atoms with E-state index in [1.165, 1.54) is 16.8 Å². The zero-order valence-electron chi connectivity index (χ0n) is 24.4. The molecule has 3 aromatic rings. The highest BCUT2D eigenvalue weighted by Crippen LogP contribution is 2.41. The van der Waals surface area contributed by atoms with E-state index in [2.05, 4.69) is 29.5 Å². The van der Waals surface area contributed by atoms with E-state index in [9.17, 15) is 18.0 Å². The molecular weight excluding hydrogens is 551 g/mol. The Hall–Kier alpha value is -2.73. The van der Waals surface area contributed by atoms with E-state index >= 15 is 0 Å². The molecule has 224 valence electrons. The van der Waals surface area contributed by atoms with Crippen LogP contribution >= 0.6 is 0 Å². The largest absolute Gasteiger partial charge is 0.456 e. The fourth-order valence-electron chi connectivity index (χ4n) is 4.82. The van der Waals surface area contributed by atoms with Crippen molar-refractivity contribution in [3.8, 4) is 11.5 Å². The monoisotopic (exact) mass is 591 g/mol. The summed E-state index contributed by atoms with van der Waals surface area (Å²) in [6.45, 7) is 13.1. The van der Waals surface area contributed by atoms with Gasteiger partial charge in [-0.3, -0.25) is 9.69 Å². The third kappa shape index (κ3) is 8.88. The number of aromatic nitrogens is 2. The number of morpholine rings is 1. The number of benzene rings is 1. The van der Waals surface area contributed by atoms with Gasteiger partial charge in [-0.2, -0.15) is 13.2 Å². The molecule has 1 fully saturated rings. The lowest BCUT2D eigenvalue weighted by atomic mass is 10.0. The first-order chi connectivity index (χ1) is 19.4. The number of rotatable bonds is 13. The van der Waals surface area contributed by atoms with Crippen molar-refractivity contribution in [1.29, 1.82) is 0 Å². The molecule has 0 aliphatic carbocycles. The number of pyridine rings is 1. The van der Waals surface area contributed by atoms with Gasteiger partial charge in [0.2, 0.25) is 0 Å². The minimum atomic E-state index is -4.59. The Balaban J connectivity index is 1.45. The molecule has 0 atom stereocenters. The Morgan fingerprint density at radius 2 is 1.88 bits per heavy atom. The lowest BCUT2D eigenvalue weighted by Crippen LogP contribution is -2.37. The highest BCUT2D eigenvalue weighted by molar-refractivity contribution is 6.76. The van der Waals surface area contributed by atoms with Crippen molar-refractivity contribution >= 4 is 24.9 Å². The van der Waals surface area contributed by atoms with E-state index < -0.39 is 19.8 Å². The van der Waals surface area contributed by atoms with E-state index in [0.29, 0.717) is 25.2 Å². The second-order valence-corrected chi connectivity index (χ2v) is 17.5. The molecule has 0 radical (unpaired) electrons. The number of carbonyl (C=O) groups is 1. The Kier molecular flexibility index (Phi) is 10.3. The normalized spacial score (nSPS) is 15.0. The van der Waals surface area contributed by atoms with Gasteiger partial charge in [0, 0.05) is 53.0 Å². The standard InChI is InChI=1S/C30H40F3N3O4Si/c1-22-18-23(19-24(37)6-5-11-35-12-14-38-15-13-35)7-8-26(22)40-27-9-10-34-29-28(27)25(30(31,32)33)20-36(29)21-39-16-17-41(2,3)4/h7-10,18,20H,5-6,11-17,19,21H2,1-4H3. The van der Waals surface area contributed by atoms with E-state index in [-0.39, 0.29) is 29.3 Å². The van der Waals surface area contributed by atoms with Crippen LogP contribution < -0.4 is 4.74 Å². The van der Waals surface area contributed by atoms with Crippen molar-refractivity contribution in [1.82, 2.24) is 14.5 Å². The molecule has 3 heterocycles. The van der Waals surface area contributed by atoms with Gasteiger partial charge in [-0.05, 0) is 49.2 Å². The van der Waals surface area contributed by atoms with Gasteiger partial charge >= 0.3 is 6.18 Å². The van der Waals surface area contributed by atoms with Crippen LogP contribution in [-0.4, -0.2) is 67.8 Å². The van der Waals surface area contributed by atoms with Gasteiger partial charge < -0.3 is 18.8 Å². The molecule has 11 heteroatoms. The van der Waals surface area contributed by atoms with E-state index in [1.54, 1.807) is 12.1 Å². The summed E-state index contributed by atoms with van der Waals surface area (Å²) in [5, 5.41) is -0.104. The summed E-state index contributed by atoms with van der Waals surface area (Å²) >= 11 is 0. The smallest absolute Gasteiger partial charge is 0.418 e. The van der Waals surface area contributed by atoms with Crippen LogP contribution in [-0.2, 0) is 33.6 Å². The number of fused-ring (bicyclic) bond motifs is 1. The number of ether oxygens (including phenoxy) is 3. The first kappa shape index (κ1) is 31.2. The van der Waals surface area contributed by atoms with E-state index in [1.807, 2.05) is 13.0 Å². The molecule has 1 saturated heterocycles. The second kappa shape index (κ2) is 13.5. The summed E-state index contributed by atoms with van der Waals surface area (Å²) < 4.78 is 60.7. The first-order valence-electron chi connectivity index (χ1n) is 14.1. The molecule has 4 rings (SSSR count). The first-order valence-corrected chi connectivity index (χ1v) is 17.8. The number of Topliss-reactive ketones (excluding diaryl/α,β-unsaturated/α-hetero) is 1. The molecule has 41 heavy (non-hydrogen) atoms. The quantitative estimate of drug-likeness (QED) is 0.163. The zero-order valence-corrected chi connectivity index (χ0v) is 25.4. The molecule has 1 aromatic carbocycles. The van der Waals surface area contributed by atoms with Crippen LogP contribution in [0.25, 0.3) is 11.0 Å². The SMILES string of the molecule is Cc1cc(CC(=O)CCCN2CCOCC2)ccc1Oc1ccnc2c1c(C(F)(F)F)cn2COCC[Si](C)(C)C. The third-order valence-corrected chi connectivity index (χ3v) is 8.85. The Bertz CT molecular complexity index is 1330. The molecule has 0 unspecified atom stereocenters. The van der Waals surface area contributed by atoms with Crippen LogP contribution in [0.15, 0.2) is 36.7 Å². The number of halogens is 3. The molecule has 0 spiro atoms. The summed E-state index contributed by atoms with van der Waals surface area (Å²) in [5.74, 6) is 0.650. The number of hydrogen-bond acceptors (Lipinski definition) is 6. The molecule has 0 N–H and O–H groups in total. The van der Waals surface area contributed by atoms with Crippen molar-refractivity contribution in [3.63, 3.8) is 0 Å². The van der Waals surface area contributed by atoms with Gasteiger partial charge in [-0.1, -0.05) is 31.8 Å². The van der Waals surface area contributed by atoms with Crippen molar-refractivity contribution < 1.29 is 32.2 Å². The van der Waals surface area contributed by atoms with Crippen molar-refractivity contribution in [2.75, 3.05) is 39.5 Å². The fraction of sp³-hybridized carbons (Fsp3) is 0.533. The topological polar surface area (TPSA) is 65.8 Å². The summed E-state index contributed by atoms with van der Waals surface area (Å²) in [4.78, 5) is 19.1. The Labute approximate surface area is 240 Å². The van der Waals surface area contributed by atoms with Crippen LogP contribution in [0.3, 0.4) is 0 Å². The highest BCUT2D eigenvalue weighted by atomic mass is 28.3. The zero-order chi connectivity index (χ0) is 29.6. The predicted molar refractivity (Wildman–Crippen MR) is 155 cm³/mol. The maximum Gasteiger partial charge on any atom is 0.418 e. The summed E-state index contributed by atoms with van der Waals surface area (Å²) in [5.41, 5.74) is 0.918. The highest BCUT2D eigenvalue weighted by Gasteiger charge is 2.36. The second-order valence-electron chi connectivity index (χ2n) is 11.8. The van der Waals surface area contributed by atoms with E-state index in [4.69, 9.17) is 14.2 Å². The maximum absolute atomic E-state index is 14.1.